The van der Waals surface area contributed by atoms with Crippen LogP contribution in [0.15, 0.2) is 36.8 Å². The minimum absolute atomic E-state index is 0.311. The zero-order valence-corrected chi connectivity index (χ0v) is 9.72. The van der Waals surface area contributed by atoms with Crippen molar-refractivity contribution >= 4 is 0 Å². The predicted molar refractivity (Wildman–Crippen MR) is 65.8 cm³/mol. The van der Waals surface area contributed by atoms with Gasteiger partial charge in [0.15, 0.2) is 0 Å². The molecule has 0 fully saturated rings. The summed E-state index contributed by atoms with van der Waals surface area (Å²) in [7, 11) is 0. The number of nitrogens with two attached hydrogens (primary N) is 1. The lowest BCUT2D eigenvalue weighted by Crippen LogP contribution is -2.08. The first-order chi connectivity index (χ1) is 7.70. The zero-order valence-electron chi connectivity index (χ0n) is 9.72. The van der Waals surface area contributed by atoms with Crippen LogP contribution in [-0.2, 0) is 0 Å². The third-order valence-corrected chi connectivity index (χ3v) is 2.76. The maximum atomic E-state index is 5.63. The van der Waals surface area contributed by atoms with Crippen molar-refractivity contribution in [2.45, 2.75) is 19.8 Å². The van der Waals surface area contributed by atoms with Crippen molar-refractivity contribution in [2.75, 3.05) is 6.54 Å². The second-order valence-electron chi connectivity index (χ2n) is 4.18. The van der Waals surface area contributed by atoms with Crippen LogP contribution in [0.5, 0.6) is 0 Å². The van der Waals surface area contributed by atoms with E-state index in [2.05, 4.69) is 43.1 Å². The molecule has 0 saturated carbocycles. The molecule has 0 radical (unpaired) electrons. The van der Waals surface area contributed by atoms with Crippen molar-refractivity contribution in [3.8, 4) is 5.69 Å². The van der Waals surface area contributed by atoms with Gasteiger partial charge in [-0.05, 0) is 24.6 Å². The van der Waals surface area contributed by atoms with Crippen LogP contribution < -0.4 is 5.73 Å². The van der Waals surface area contributed by atoms with Gasteiger partial charge in [0.2, 0.25) is 0 Å². The summed E-state index contributed by atoms with van der Waals surface area (Å²) in [5.41, 5.74) is 9.06. The third kappa shape index (κ3) is 2.14. The smallest absolute Gasteiger partial charge is 0.0995 e. The van der Waals surface area contributed by atoms with Crippen molar-refractivity contribution in [3.05, 3.63) is 48.0 Å². The molecule has 3 heteroatoms. The highest BCUT2D eigenvalue weighted by molar-refractivity contribution is 5.35. The van der Waals surface area contributed by atoms with Gasteiger partial charge in [0.1, 0.15) is 0 Å². The Kier molecular flexibility index (Phi) is 3.06. The average molecular weight is 215 g/mol. The number of benzene rings is 1. The van der Waals surface area contributed by atoms with Crippen LogP contribution in [-0.4, -0.2) is 16.1 Å². The first-order valence-electron chi connectivity index (χ1n) is 5.51. The standard InChI is InChI=1S/C13H17N3/c1-10-4-3-5-12(6-10)16-8-13(15-9-16)11(2)7-14/h3-6,8-9,11H,7,14H2,1-2H3. The molecule has 84 valence electrons. The summed E-state index contributed by atoms with van der Waals surface area (Å²) in [6.07, 6.45) is 3.89. The van der Waals surface area contributed by atoms with Crippen LogP contribution in [0.2, 0.25) is 0 Å². The van der Waals surface area contributed by atoms with Gasteiger partial charge in [0.05, 0.1) is 12.0 Å². The molecule has 1 atom stereocenters. The highest BCUT2D eigenvalue weighted by Gasteiger charge is 2.07. The van der Waals surface area contributed by atoms with Crippen molar-refractivity contribution < 1.29 is 0 Å². The molecule has 1 unspecified atom stereocenters. The number of aryl methyl sites for hydroxylation is 1. The quantitative estimate of drug-likeness (QED) is 0.853. The minimum Gasteiger partial charge on any atom is -0.330 e. The Morgan fingerprint density at radius 2 is 2.25 bits per heavy atom. The summed E-state index contributed by atoms with van der Waals surface area (Å²) >= 11 is 0. The lowest BCUT2D eigenvalue weighted by atomic mass is 10.1. The first-order valence-corrected chi connectivity index (χ1v) is 5.51. The van der Waals surface area contributed by atoms with Crippen molar-refractivity contribution in [3.63, 3.8) is 0 Å². The minimum atomic E-state index is 0.311. The van der Waals surface area contributed by atoms with Gasteiger partial charge >= 0.3 is 0 Å². The molecule has 1 heterocycles. The van der Waals surface area contributed by atoms with Crippen LogP contribution in [0.4, 0.5) is 0 Å². The summed E-state index contributed by atoms with van der Waals surface area (Å²) < 4.78 is 2.04. The highest BCUT2D eigenvalue weighted by Crippen LogP contribution is 2.15. The molecule has 16 heavy (non-hydrogen) atoms. The molecular formula is C13H17N3. The molecule has 0 bridgehead atoms. The van der Waals surface area contributed by atoms with Crippen LogP contribution in [0.1, 0.15) is 24.1 Å². The van der Waals surface area contributed by atoms with Crippen molar-refractivity contribution in [1.82, 2.24) is 9.55 Å². The Balaban J connectivity index is 2.31. The molecule has 2 aromatic rings. The molecule has 1 aromatic carbocycles. The lowest BCUT2D eigenvalue weighted by Gasteiger charge is -2.04. The van der Waals surface area contributed by atoms with E-state index < -0.39 is 0 Å². The fourth-order valence-electron chi connectivity index (χ4n) is 1.64. The van der Waals surface area contributed by atoms with Crippen LogP contribution >= 0.6 is 0 Å². The molecule has 0 spiro atoms. The van der Waals surface area contributed by atoms with Gasteiger partial charge in [-0.25, -0.2) is 4.98 Å². The molecule has 0 aliphatic carbocycles. The summed E-state index contributed by atoms with van der Waals surface area (Å²) in [6, 6.07) is 8.35. The van der Waals surface area contributed by atoms with E-state index >= 15 is 0 Å². The Hall–Kier alpha value is -1.61. The molecule has 2 rings (SSSR count). The fraction of sp³-hybridized carbons (Fsp3) is 0.308. The SMILES string of the molecule is Cc1cccc(-n2cnc(C(C)CN)c2)c1. The van der Waals surface area contributed by atoms with E-state index in [0.717, 1.165) is 11.4 Å². The number of rotatable bonds is 3. The Morgan fingerprint density at radius 1 is 1.44 bits per heavy atom. The molecule has 0 aliphatic rings. The highest BCUT2D eigenvalue weighted by atomic mass is 15.0. The normalized spacial score (nSPS) is 12.7. The van der Waals surface area contributed by atoms with E-state index in [1.165, 1.54) is 5.56 Å². The van der Waals surface area contributed by atoms with Gasteiger partial charge < -0.3 is 10.3 Å². The molecule has 1 aromatic heterocycles. The number of hydrogen-bond acceptors (Lipinski definition) is 2. The Labute approximate surface area is 95.9 Å². The summed E-state index contributed by atoms with van der Waals surface area (Å²) in [4.78, 5) is 4.38. The number of imidazole rings is 1. The second kappa shape index (κ2) is 4.49. The maximum absolute atomic E-state index is 5.63. The van der Waals surface area contributed by atoms with Crippen LogP contribution in [0.3, 0.4) is 0 Å². The van der Waals surface area contributed by atoms with Crippen LogP contribution in [0.25, 0.3) is 5.69 Å². The van der Waals surface area contributed by atoms with Crippen LogP contribution in [0, 0.1) is 6.92 Å². The number of hydrogen-bond donors (Lipinski definition) is 1. The Bertz CT molecular complexity index is 474. The van der Waals surface area contributed by atoms with E-state index in [0.29, 0.717) is 12.5 Å². The topological polar surface area (TPSA) is 43.8 Å². The number of nitrogens with zero attached hydrogens (tertiary/aromatic N) is 2. The predicted octanol–water partition coefficient (Wildman–Crippen LogP) is 2.24. The van der Waals surface area contributed by atoms with E-state index in [9.17, 15) is 0 Å². The molecular weight excluding hydrogens is 198 g/mol. The summed E-state index contributed by atoms with van der Waals surface area (Å²) in [5, 5.41) is 0. The van der Waals surface area contributed by atoms with Gasteiger partial charge in [-0.1, -0.05) is 19.1 Å². The molecule has 0 saturated heterocycles. The van der Waals surface area contributed by atoms with Gasteiger partial charge in [0.25, 0.3) is 0 Å². The summed E-state index contributed by atoms with van der Waals surface area (Å²) in [6.45, 7) is 4.80. The van der Waals surface area contributed by atoms with E-state index in [-0.39, 0.29) is 0 Å². The van der Waals surface area contributed by atoms with Gasteiger partial charge in [0, 0.05) is 24.3 Å². The van der Waals surface area contributed by atoms with E-state index in [1.807, 2.05) is 17.1 Å². The maximum Gasteiger partial charge on any atom is 0.0995 e. The largest absolute Gasteiger partial charge is 0.330 e. The third-order valence-electron chi connectivity index (χ3n) is 2.76. The number of aromatic nitrogens is 2. The monoisotopic (exact) mass is 215 g/mol. The zero-order chi connectivity index (χ0) is 11.5. The molecule has 0 aliphatic heterocycles. The van der Waals surface area contributed by atoms with E-state index in [4.69, 9.17) is 5.73 Å². The fourth-order valence-corrected chi connectivity index (χ4v) is 1.64. The van der Waals surface area contributed by atoms with E-state index in [1.54, 1.807) is 0 Å². The van der Waals surface area contributed by atoms with Gasteiger partial charge in [-0.15, -0.1) is 0 Å². The van der Waals surface area contributed by atoms with Gasteiger partial charge in [-0.3, -0.25) is 0 Å². The molecule has 0 amide bonds. The average Bonchev–Trinajstić information content (AvgIpc) is 2.77. The molecule has 2 N–H and O–H groups in total. The summed E-state index contributed by atoms with van der Waals surface area (Å²) in [5.74, 6) is 0.311. The first kappa shape index (κ1) is 10.9. The molecule has 3 nitrogen and oxygen atoms in total. The lowest BCUT2D eigenvalue weighted by molar-refractivity contribution is 0.750. The van der Waals surface area contributed by atoms with Crippen molar-refractivity contribution in [1.29, 1.82) is 0 Å². The Morgan fingerprint density at radius 3 is 2.94 bits per heavy atom. The van der Waals surface area contributed by atoms with Gasteiger partial charge in [-0.2, -0.15) is 0 Å². The van der Waals surface area contributed by atoms with Crippen molar-refractivity contribution in [2.24, 2.45) is 5.73 Å². The second-order valence-corrected chi connectivity index (χ2v) is 4.18.